The summed E-state index contributed by atoms with van der Waals surface area (Å²) in [6, 6.07) is 14.3. The Labute approximate surface area is 155 Å². The van der Waals surface area contributed by atoms with E-state index < -0.39 is 10.0 Å². The van der Waals surface area contributed by atoms with Gasteiger partial charge in [0.15, 0.2) is 0 Å². The molecule has 0 unspecified atom stereocenters. The maximum Gasteiger partial charge on any atom is 0.254 e. The van der Waals surface area contributed by atoms with Gasteiger partial charge in [-0.1, -0.05) is 36.4 Å². The van der Waals surface area contributed by atoms with E-state index in [1.165, 1.54) is 10.4 Å². The van der Waals surface area contributed by atoms with Crippen LogP contribution in [0.1, 0.15) is 34.3 Å². The zero-order chi connectivity index (χ0) is 18.7. The Morgan fingerprint density at radius 3 is 2.38 bits per heavy atom. The molecule has 1 aliphatic heterocycles. The Kier molecular flexibility index (Phi) is 5.44. The van der Waals surface area contributed by atoms with Crippen LogP contribution in [0.2, 0.25) is 0 Å². The van der Waals surface area contributed by atoms with Crippen LogP contribution in [-0.2, 0) is 16.6 Å². The second kappa shape index (κ2) is 7.60. The highest BCUT2D eigenvalue weighted by Crippen LogP contribution is 2.22. The van der Waals surface area contributed by atoms with Crippen molar-refractivity contribution in [1.82, 2.24) is 9.21 Å². The summed E-state index contributed by atoms with van der Waals surface area (Å²) in [6.45, 7) is 3.60. The molecule has 0 N–H and O–H groups in total. The normalized spacial score (nSPS) is 14.8. The number of carbonyl (C=O) groups excluding carboxylic acids is 1. The van der Waals surface area contributed by atoms with E-state index in [9.17, 15) is 13.2 Å². The number of nitrogens with zero attached hydrogens (tertiary/aromatic N) is 2. The van der Waals surface area contributed by atoms with Crippen LogP contribution in [0.4, 0.5) is 0 Å². The Bertz CT molecular complexity index is 889. The molecule has 1 fully saturated rings. The molecule has 2 aromatic carbocycles. The number of hydrogen-bond donors (Lipinski definition) is 0. The van der Waals surface area contributed by atoms with Crippen LogP contribution in [0.3, 0.4) is 0 Å². The first-order valence-electron chi connectivity index (χ1n) is 8.80. The van der Waals surface area contributed by atoms with Crippen LogP contribution in [0.15, 0.2) is 53.4 Å². The van der Waals surface area contributed by atoms with Gasteiger partial charge in [0, 0.05) is 32.2 Å². The highest BCUT2D eigenvalue weighted by atomic mass is 32.2. The molecule has 5 nitrogen and oxygen atoms in total. The van der Waals surface area contributed by atoms with Crippen molar-refractivity contribution in [1.29, 1.82) is 0 Å². The van der Waals surface area contributed by atoms with Crippen LogP contribution >= 0.6 is 0 Å². The highest BCUT2D eigenvalue weighted by molar-refractivity contribution is 7.89. The summed E-state index contributed by atoms with van der Waals surface area (Å²) < 4.78 is 27.2. The Morgan fingerprint density at radius 2 is 1.73 bits per heavy atom. The number of likely N-dealkylation sites (tertiary alicyclic amines) is 1. The number of hydrogen-bond acceptors (Lipinski definition) is 3. The van der Waals surface area contributed by atoms with Crippen LogP contribution < -0.4 is 0 Å². The first kappa shape index (κ1) is 18.6. The molecule has 1 heterocycles. The molecular weight excluding hydrogens is 348 g/mol. The lowest BCUT2D eigenvalue weighted by Crippen LogP contribution is -2.29. The summed E-state index contributed by atoms with van der Waals surface area (Å²) in [5.74, 6) is -0.0808. The molecule has 0 atom stereocenters. The smallest absolute Gasteiger partial charge is 0.254 e. The van der Waals surface area contributed by atoms with Gasteiger partial charge in [-0.05, 0) is 43.0 Å². The van der Waals surface area contributed by atoms with E-state index in [-0.39, 0.29) is 17.3 Å². The second-order valence-corrected chi connectivity index (χ2v) is 8.77. The summed E-state index contributed by atoms with van der Waals surface area (Å²) in [7, 11) is -2.11. The molecule has 1 aliphatic rings. The van der Waals surface area contributed by atoms with E-state index in [0.29, 0.717) is 5.56 Å². The van der Waals surface area contributed by atoms with E-state index in [4.69, 9.17) is 0 Å². The van der Waals surface area contributed by atoms with Crippen LogP contribution in [0.25, 0.3) is 0 Å². The molecule has 0 saturated carbocycles. The van der Waals surface area contributed by atoms with Crippen molar-refractivity contribution in [3.8, 4) is 0 Å². The van der Waals surface area contributed by atoms with Gasteiger partial charge in [-0.3, -0.25) is 4.79 Å². The van der Waals surface area contributed by atoms with Crippen molar-refractivity contribution >= 4 is 15.9 Å². The molecule has 0 aliphatic carbocycles. The van der Waals surface area contributed by atoms with Gasteiger partial charge in [0.2, 0.25) is 10.0 Å². The number of rotatable bonds is 5. The minimum Gasteiger partial charge on any atom is -0.339 e. The van der Waals surface area contributed by atoms with Crippen molar-refractivity contribution in [2.24, 2.45) is 0 Å². The zero-order valence-corrected chi connectivity index (χ0v) is 16.0. The van der Waals surface area contributed by atoms with Crippen molar-refractivity contribution in [3.05, 3.63) is 65.2 Å². The third kappa shape index (κ3) is 3.81. The predicted octanol–water partition coefficient (Wildman–Crippen LogP) is 3.05. The van der Waals surface area contributed by atoms with Gasteiger partial charge in [0.25, 0.3) is 5.91 Å². The summed E-state index contributed by atoms with van der Waals surface area (Å²) in [5.41, 5.74) is 2.19. The number of sulfonamides is 1. The average Bonchev–Trinajstić information content (AvgIpc) is 3.17. The summed E-state index contributed by atoms with van der Waals surface area (Å²) >= 11 is 0. The SMILES string of the molecule is Cc1ccc(S(=O)(=O)N(C)Cc2ccccc2)cc1C(=O)N1CCCC1. The molecule has 0 spiro atoms. The molecule has 1 amide bonds. The minimum atomic E-state index is -3.67. The summed E-state index contributed by atoms with van der Waals surface area (Å²) in [6.07, 6.45) is 2.01. The predicted molar refractivity (Wildman–Crippen MR) is 101 cm³/mol. The van der Waals surface area contributed by atoms with Crippen LogP contribution in [0, 0.1) is 6.92 Å². The fraction of sp³-hybridized carbons (Fsp3) is 0.350. The summed E-state index contributed by atoms with van der Waals surface area (Å²) in [5, 5.41) is 0. The molecule has 2 aromatic rings. The lowest BCUT2D eigenvalue weighted by atomic mass is 10.1. The minimum absolute atomic E-state index is 0.0808. The quantitative estimate of drug-likeness (QED) is 0.811. The maximum atomic E-state index is 12.9. The van der Waals surface area contributed by atoms with Crippen molar-refractivity contribution < 1.29 is 13.2 Å². The average molecular weight is 372 g/mol. The Hall–Kier alpha value is -2.18. The first-order chi connectivity index (χ1) is 12.4. The van der Waals surface area contributed by atoms with Gasteiger partial charge in [-0.2, -0.15) is 4.31 Å². The number of benzene rings is 2. The standard InChI is InChI=1S/C20H24N2O3S/c1-16-10-11-18(14-19(16)20(23)22-12-6-7-13-22)26(24,25)21(2)15-17-8-4-3-5-9-17/h3-5,8-11,14H,6-7,12-13,15H2,1-2H3. The van der Waals surface area contributed by atoms with Gasteiger partial charge >= 0.3 is 0 Å². The van der Waals surface area contributed by atoms with Crippen molar-refractivity contribution in [2.45, 2.75) is 31.2 Å². The topological polar surface area (TPSA) is 57.7 Å². The zero-order valence-electron chi connectivity index (χ0n) is 15.2. The molecule has 6 heteroatoms. The summed E-state index contributed by atoms with van der Waals surface area (Å²) in [4.78, 5) is 14.7. The lowest BCUT2D eigenvalue weighted by molar-refractivity contribution is 0.0792. The van der Waals surface area contributed by atoms with Crippen molar-refractivity contribution in [3.63, 3.8) is 0 Å². The van der Waals surface area contributed by atoms with Gasteiger partial charge in [-0.25, -0.2) is 8.42 Å². The molecule has 3 rings (SSSR count). The molecule has 0 aromatic heterocycles. The second-order valence-electron chi connectivity index (χ2n) is 6.72. The lowest BCUT2D eigenvalue weighted by Gasteiger charge is -2.20. The van der Waals surface area contributed by atoms with Gasteiger partial charge in [-0.15, -0.1) is 0 Å². The Morgan fingerprint density at radius 1 is 1.08 bits per heavy atom. The number of amides is 1. The van der Waals surface area contributed by atoms with E-state index in [0.717, 1.165) is 37.1 Å². The third-order valence-corrected chi connectivity index (χ3v) is 6.59. The highest BCUT2D eigenvalue weighted by Gasteiger charge is 2.25. The molecule has 0 radical (unpaired) electrons. The van der Waals surface area contributed by atoms with Gasteiger partial charge in [0.1, 0.15) is 0 Å². The van der Waals surface area contributed by atoms with Gasteiger partial charge < -0.3 is 4.90 Å². The number of carbonyl (C=O) groups is 1. The molecular formula is C20H24N2O3S. The van der Waals surface area contributed by atoms with Crippen LogP contribution in [0.5, 0.6) is 0 Å². The molecule has 138 valence electrons. The van der Waals surface area contributed by atoms with E-state index in [2.05, 4.69) is 0 Å². The van der Waals surface area contributed by atoms with Crippen LogP contribution in [-0.4, -0.2) is 43.7 Å². The maximum absolute atomic E-state index is 12.9. The van der Waals surface area contributed by atoms with E-state index in [1.807, 2.05) is 37.3 Å². The monoisotopic (exact) mass is 372 g/mol. The number of aryl methyl sites for hydroxylation is 1. The van der Waals surface area contributed by atoms with E-state index >= 15 is 0 Å². The fourth-order valence-electron chi connectivity index (χ4n) is 3.19. The molecule has 0 bridgehead atoms. The third-order valence-electron chi connectivity index (χ3n) is 4.79. The molecule has 1 saturated heterocycles. The molecule has 26 heavy (non-hydrogen) atoms. The van der Waals surface area contributed by atoms with Gasteiger partial charge in [0.05, 0.1) is 4.90 Å². The fourth-order valence-corrected chi connectivity index (χ4v) is 4.37. The largest absolute Gasteiger partial charge is 0.339 e. The first-order valence-corrected chi connectivity index (χ1v) is 10.2. The van der Waals surface area contributed by atoms with Crippen molar-refractivity contribution in [2.75, 3.05) is 20.1 Å². The van der Waals surface area contributed by atoms with E-state index in [1.54, 1.807) is 24.1 Å². The Balaban J connectivity index is 1.87.